The zero-order valence-corrected chi connectivity index (χ0v) is 15.9. The van der Waals surface area contributed by atoms with Crippen molar-refractivity contribution in [2.45, 2.75) is 30.6 Å². The van der Waals surface area contributed by atoms with Crippen LogP contribution >= 0.6 is 23.4 Å². The first-order chi connectivity index (χ1) is 11.9. The maximum atomic E-state index is 13.0. The van der Waals surface area contributed by atoms with E-state index in [1.165, 1.54) is 23.9 Å². The topological polar surface area (TPSA) is 68.3 Å². The maximum absolute atomic E-state index is 13.0. The van der Waals surface area contributed by atoms with Crippen molar-refractivity contribution in [1.29, 1.82) is 0 Å². The molecule has 1 aromatic carbocycles. The molecule has 0 amide bonds. The lowest BCUT2D eigenvalue weighted by molar-refractivity contribution is -0.115. The van der Waals surface area contributed by atoms with Gasteiger partial charge in [-0.1, -0.05) is 17.7 Å². The third kappa shape index (κ3) is 3.35. The SMILES string of the molecule is C=CCSC1=C(C(=O)c2ccc3c(c2Cl)CCS3(=O)=O)C(=O)CCC1. The van der Waals surface area contributed by atoms with Crippen molar-refractivity contribution in [3.8, 4) is 0 Å². The van der Waals surface area contributed by atoms with Crippen LogP contribution in [0.25, 0.3) is 0 Å². The summed E-state index contributed by atoms with van der Waals surface area (Å²) in [5.74, 6) is 0.0393. The molecule has 4 nitrogen and oxygen atoms in total. The van der Waals surface area contributed by atoms with Gasteiger partial charge in [0, 0.05) is 17.7 Å². The van der Waals surface area contributed by atoms with Gasteiger partial charge in [0.05, 0.1) is 21.2 Å². The number of fused-ring (bicyclic) bond motifs is 1. The quantitative estimate of drug-likeness (QED) is 0.430. The van der Waals surface area contributed by atoms with Gasteiger partial charge >= 0.3 is 0 Å². The van der Waals surface area contributed by atoms with Crippen LogP contribution in [0.2, 0.25) is 5.02 Å². The molecular weight excluding hydrogens is 380 g/mol. The Hall–Kier alpha value is -1.37. The van der Waals surface area contributed by atoms with Gasteiger partial charge in [-0.2, -0.15) is 0 Å². The fraction of sp³-hybridized carbons (Fsp3) is 0.333. The number of thioether (sulfide) groups is 1. The molecule has 2 aliphatic rings. The van der Waals surface area contributed by atoms with Crippen molar-refractivity contribution in [2.24, 2.45) is 0 Å². The Balaban J connectivity index is 2.07. The van der Waals surface area contributed by atoms with Crippen LogP contribution in [0.1, 0.15) is 35.2 Å². The Kier molecular flexibility index (Phi) is 5.23. The summed E-state index contributed by atoms with van der Waals surface area (Å²) in [6.45, 7) is 3.67. The Labute approximate surface area is 156 Å². The molecule has 1 aliphatic heterocycles. The molecule has 1 heterocycles. The Bertz CT molecular complexity index is 913. The maximum Gasteiger partial charge on any atom is 0.198 e. The van der Waals surface area contributed by atoms with E-state index in [1.807, 2.05) is 0 Å². The highest BCUT2D eigenvalue weighted by Gasteiger charge is 2.33. The molecule has 0 saturated carbocycles. The van der Waals surface area contributed by atoms with Gasteiger partial charge in [0.25, 0.3) is 0 Å². The molecule has 0 saturated heterocycles. The molecule has 7 heteroatoms. The van der Waals surface area contributed by atoms with Crippen molar-refractivity contribution in [3.05, 3.63) is 51.4 Å². The van der Waals surface area contributed by atoms with E-state index >= 15 is 0 Å². The largest absolute Gasteiger partial charge is 0.294 e. The van der Waals surface area contributed by atoms with E-state index in [0.717, 1.165) is 11.3 Å². The summed E-state index contributed by atoms with van der Waals surface area (Å²) in [4.78, 5) is 26.4. The van der Waals surface area contributed by atoms with E-state index in [9.17, 15) is 18.0 Å². The van der Waals surface area contributed by atoms with Crippen molar-refractivity contribution in [3.63, 3.8) is 0 Å². The van der Waals surface area contributed by atoms with Crippen LogP contribution in [0.15, 0.2) is 40.2 Å². The predicted molar refractivity (Wildman–Crippen MR) is 100 cm³/mol. The smallest absolute Gasteiger partial charge is 0.198 e. The molecule has 1 aliphatic carbocycles. The fourth-order valence-electron chi connectivity index (χ4n) is 3.16. The summed E-state index contributed by atoms with van der Waals surface area (Å²) < 4.78 is 24.0. The van der Waals surface area contributed by atoms with Gasteiger partial charge in [-0.25, -0.2) is 8.42 Å². The minimum absolute atomic E-state index is 0.00175. The van der Waals surface area contributed by atoms with E-state index in [-0.39, 0.29) is 32.6 Å². The lowest BCUT2D eigenvalue weighted by Gasteiger charge is -2.18. The molecule has 0 N–H and O–H groups in total. The molecule has 132 valence electrons. The summed E-state index contributed by atoms with van der Waals surface area (Å²) in [6, 6.07) is 2.86. The molecule has 1 aromatic rings. The van der Waals surface area contributed by atoms with Crippen LogP contribution in [-0.4, -0.2) is 31.5 Å². The van der Waals surface area contributed by atoms with Gasteiger partial charge < -0.3 is 0 Å². The summed E-state index contributed by atoms with van der Waals surface area (Å²) in [5, 5.41) is 0.155. The van der Waals surface area contributed by atoms with Crippen LogP contribution in [0.5, 0.6) is 0 Å². The lowest BCUT2D eigenvalue weighted by atomic mass is 9.91. The molecule has 0 radical (unpaired) electrons. The Morgan fingerprint density at radius 2 is 2.04 bits per heavy atom. The van der Waals surface area contributed by atoms with Crippen LogP contribution in [0.4, 0.5) is 0 Å². The third-order valence-electron chi connectivity index (χ3n) is 4.37. The number of allylic oxidation sites excluding steroid dienone is 2. The zero-order valence-electron chi connectivity index (χ0n) is 13.5. The monoisotopic (exact) mass is 396 g/mol. The lowest BCUT2D eigenvalue weighted by Crippen LogP contribution is -2.19. The number of carbonyl (C=O) groups excluding carboxylic acids is 2. The first-order valence-corrected chi connectivity index (χ1v) is 11.0. The van der Waals surface area contributed by atoms with Crippen molar-refractivity contribution < 1.29 is 18.0 Å². The van der Waals surface area contributed by atoms with E-state index < -0.39 is 15.6 Å². The van der Waals surface area contributed by atoms with Gasteiger partial charge in [-0.05, 0) is 41.9 Å². The number of sulfone groups is 1. The van der Waals surface area contributed by atoms with E-state index in [4.69, 9.17) is 11.6 Å². The van der Waals surface area contributed by atoms with Crippen LogP contribution < -0.4 is 0 Å². The predicted octanol–water partition coefficient (Wildman–Crippen LogP) is 3.78. The van der Waals surface area contributed by atoms with Crippen LogP contribution in [-0.2, 0) is 21.1 Å². The highest BCUT2D eigenvalue weighted by Crippen LogP contribution is 2.38. The normalized spacial score (nSPS) is 19.0. The molecule has 0 aromatic heterocycles. The molecule has 0 unspecified atom stereocenters. The van der Waals surface area contributed by atoms with E-state index in [2.05, 4.69) is 6.58 Å². The van der Waals surface area contributed by atoms with Gasteiger partial charge in [-0.15, -0.1) is 18.3 Å². The number of halogens is 1. The summed E-state index contributed by atoms with van der Waals surface area (Å²) in [5.41, 5.74) is 0.886. The number of hydrogen-bond donors (Lipinski definition) is 0. The van der Waals surface area contributed by atoms with Gasteiger partial charge in [0.15, 0.2) is 21.4 Å². The Morgan fingerprint density at radius 1 is 1.28 bits per heavy atom. The molecule has 0 fully saturated rings. The summed E-state index contributed by atoms with van der Waals surface area (Å²) in [6.07, 6.45) is 3.78. The molecule has 25 heavy (non-hydrogen) atoms. The first-order valence-electron chi connectivity index (χ1n) is 7.95. The minimum atomic E-state index is -3.32. The average Bonchev–Trinajstić information content (AvgIpc) is 2.89. The van der Waals surface area contributed by atoms with Crippen LogP contribution in [0, 0.1) is 0 Å². The number of Topliss-reactive ketones (excluding diaryl/α,β-unsaturated/α-hetero) is 2. The van der Waals surface area contributed by atoms with Crippen molar-refractivity contribution in [1.82, 2.24) is 0 Å². The average molecular weight is 397 g/mol. The number of benzene rings is 1. The second-order valence-corrected chi connectivity index (χ2v) is 9.55. The zero-order chi connectivity index (χ0) is 18.2. The van der Waals surface area contributed by atoms with Gasteiger partial charge in [0.2, 0.25) is 0 Å². The van der Waals surface area contributed by atoms with Crippen molar-refractivity contribution in [2.75, 3.05) is 11.5 Å². The van der Waals surface area contributed by atoms with E-state index in [0.29, 0.717) is 30.6 Å². The molecule has 0 bridgehead atoms. The highest BCUT2D eigenvalue weighted by atomic mass is 35.5. The van der Waals surface area contributed by atoms with E-state index in [1.54, 1.807) is 6.08 Å². The number of rotatable bonds is 5. The number of hydrogen-bond acceptors (Lipinski definition) is 5. The van der Waals surface area contributed by atoms with Crippen molar-refractivity contribution >= 4 is 44.8 Å². The third-order valence-corrected chi connectivity index (χ3v) is 7.75. The summed E-state index contributed by atoms with van der Waals surface area (Å²) in [7, 11) is -3.32. The fourth-order valence-corrected chi connectivity index (χ4v) is 6.06. The molecular formula is C18H17ClO4S2. The van der Waals surface area contributed by atoms with Gasteiger partial charge in [0.1, 0.15) is 0 Å². The summed E-state index contributed by atoms with van der Waals surface area (Å²) >= 11 is 7.80. The van der Waals surface area contributed by atoms with Gasteiger partial charge in [-0.3, -0.25) is 9.59 Å². The minimum Gasteiger partial charge on any atom is -0.294 e. The molecule has 3 rings (SSSR count). The molecule has 0 atom stereocenters. The highest BCUT2D eigenvalue weighted by molar-refractivity contribution is 8.03. The first kappa shape index (κ1) is 18.4. The molecule has 0 spiro atoms. The second-order valence-electron chi connectivity index (χ2n) is 5.98. The number of ketones is 2. The number of carbonyl (C=O) groups is 2. The Morgan fingerprint density at radius 3 is 2.76 bits per heavy atom. The van der Waals surface area contributed by atoms with Crippen LogP contribution in [0.3, 0.4) is 0 Å². The second kappa shape index (κ2) is 7.09. The standard InChI is InChI=1S/C18H17ClO4S2/c1-2-9-24-14-5-3-4-13(20)16(14)18(21)12-6-7-15-11(17(12)19)8-10-25(15,22)23/h2,6-7H,1,3-5,8-10H2.